The van der Waals surface area contributed by atoms with Gasteiger partial charge in [-0.15, -0.1) is 13.2 Å². The lowest BCUT2D eigenvalue weighted by Gasteiger charge is -2.11. The molecule has 2 aromatic carbocycles. The largest absolute Gasteiger partial charge is 0.573 e. The van der Waals surface area contributed by atoms with E-state index < -0.39 is 12.2 Å². The quantitative estimate of drug-likeness (QED) is 0.456. The molecule has 4 rings (SSSR count). The van der Waals surface area contributed by atoms with Crippen molar-refractivity contribution < 1.29 is 22.3 Å². The monoisotopic (exact) mass is 387 g/mol. The van der Waals surface area contributed by atoms with Crippen LogP contribution in [0, 0.1) is 5.82 Å². The van der Waals surface area contributed by atoms with Gasteiger partial charge in [0.1, 0.15) is 17.3 Å². The molecule has 0 N–H and O–H groups in total. The number of rotatable bonds is 4. The van der Waals surface area contributed by atoms with E-state index in [-0.39, 0.29) is 11.6 Å². The van der Waals surface area contributed by atoms with Crippen molar-refractivity contribution in [2.24, 2.45) is 0 Å². The van der Waals surface area contributed by atoms with E-state index in [1.54, 1.807) is 47.3 Å². The van der Waals surface area contributed by atoms with E-state index in [4.69, 9.17) is 0 Å². The molecule has 2 aliphatic rings. The molecule has 0 radical (unpaired) electrons. The van der Waals surface area contributed by atoms with Crippen LogP contribution in [0.2, 0.25) is 0 Å². The summed E-state index contributed by atoms with van der Waals surface area (Å²) in [7, 11) is 0. The Bertz CT molecular complexity index is 1090. The predicted molar refractivity (Wildman–Crippen MR) is 94.3 cm³/mol. The molecule has 0 spiro atoms. The van der Waals surface area contributed by atoms with E-state index in [0.717, 1.165) is 0 Å². The number of hydrogen-bond donors (Lipinski definition) is 0. The molecule has 0 saturated heterocycles. The molecule has 0 atom stereocenters. The van der Waals surface area contributed by atoms with Crippen molar-refractivity contribution in [2.45, 2.75) is 12.9 Å². The van der Waals surface area contributed by atoms with E-state index >= 15 is 0 Å². The number of benzene rings is 2. The first-order chi connectivity index (χ1) is 13.4. The SMILES string of the molecule is Fc1ccccc1-c1nc2ccn(Cc3cccc(OC(F)(F)F)c3)cc-2n1. The lowest BCUT2D eigenvalue weighted by atomic mass is 10.2. The van der Waals surface area contributed by atoms with Crippen LogP contribution in [0.3, 0.4) is 0 Å². The summed E-state index contributed by atoms with van der Waals surface area (Å²) in [5.74, 6) is -0.403. The summed E-state index contributed by atoms with van der Waals surface area (Å²) in [5.41, 5.74) is 2.09. The smallest absolute Gasteiger partial charge is 0.406 e. The lowest BCUT2D eigenvalue weighted by Crippen LogP contribution is -2.17. The second-order valence-corrected chi connectivity index (χ2v) is 6.11. The fourth-order valence-corrected chi connectivity index (χ4v) is 2.86. The number of halogens is 4. The van der Waals surface area contributed by atoms with Gasteiger partial charge in [0.2, 0.25) is 0 Å². The number of ether oxygens (including phenoxy) is 1. The van der Waals surface area contributed by atoms with Crippen LogP contribution in [-0.4, -0.2) is 20.9 Å². The minimum atomic E-state index is -4.74. The van der Waals surface area contributed by atoms with Crippen molar-refractivity contribution >= 4 is 0 Å². The fraction of sp³-hybridized carbons (Fsp3) is 0.100. The van der Waals surface area contributed by atoms with Crippen molar-refractivity contribution in [3.63, 3.8) is 0 Å². The van der Waals surface area contributed by atoms with E-state index in [2.05, 4.69) is 14.7 Å². The van der Waals surface area contributed by atoms with Crippen LogP contribution in [0.4, 0.5) is 17.6 Å². The summed E-state index contributed by atoms with van der Waals surface area (Å²) in [6.45, 7) is 0.312. The van der Waals surface area contributed by atoms with Crippen molar-refractivity contribution in [1.29, 1.82) is 0 Å². The maximum absolute atomic E-state index is 13.9. The molecule has 2 aliphatic heterocycles. The summed E-state index contributed by atoms with van der Waals surface area (Å²) in [4.78, 5) is 8.70. The van der Waals surface area contributed by atoms with Crippen LogP contribution in [0.5, 0.6) is 5.75 Å². The molecule has 8 heteroatoms. The van der Waals surface area contributed by atoms with Crippen LogP contribution in [0.15, 0.2) is 67.0 Å². The Morgan fingerprint density at radius 3 is 2.50 bits per heavy atom. The molecule has 28 heavy (non-hydrogen) atoms. The summed E-state index contributed by atoms with van der Waals surface area (Å²) in [6, 6.07) is 13.7. The predicted octanol–water partition coefficient (Wildman–Crippen LogP) is 5.14. The van der Waals surface area contributed by atoms with Crippen molar-refractivity contribution in [1.82, 2.24) is 14.5 Å². The minimum absolute atomic E-state index is 0.276. The van der Waals surface area contributed by atoms with Crippen LogP contribution >= 0.6 is 0 Å². The zero-order valence-electron chi connectivity index (χ0n) is 14.3. The standard InChI is InChI=1S/C20H13F4N3O/c21-16-7-2-1-6-15(16)19-25-17-8-9-27(12-18(17)26-19)11-13-4-3-5-14(10-13)28-20(22,23)24/h1-10,12H,11H2. The summed E-state index contributed by atoms with van der Waals surface area (Å²) in [6.07, 6.45) is -1.29. The highest BCUT2D eigenvalue weighted by Gasteiger charge is 2.31. The Labute approximate surface area is 157 Å². The molecule has 0 fully saturated rings. The minimum Gasteiger partial charge on any atom is -0.406 e. The molecule has 0 saturated carbocycles. The first kappa shape index (κ1) is 18.0. The van der Waals surface area contributed by atoms with E-state index in [1.165, 1.54) is 24.3 Å². The maximum Gasteiger partial charge on any atom is 0.573 e. The van der Waals surface area contributed by atoms with E-state index in [1.807, 2.05) is 0 Å². The van der Waals surface area contributed by atoms with Gasteiger partial charge >= 0.3 is 6.36 Å². The highest BCUT2D eigenvalue weighted by molar-refractivity contribution is 5.65. The van der Waals surface area contributed by atoms with Gasteiger partial charge < -0.3 is 9.30 Å². The fourth-order valence-electron chi connectivity index (χ4n) is 2.86. The molecular weight excluding hydrogens is 374 g/mol. The van der Waals surface area contributed by atoms with Crippen LogP contribution in [-0.2, 0) is 6.54 Å². The molecule has 2 heterocycles. The third-order valence-electron chi connectivity index (χ3n) is 4.04. The molecule has 2 aromatic rings. The van der Waals surface area contributed by atoms with Gasteiger partial charge in [-0.25, -0.2) is 14.4 Å². The van der Waals surface area contributed by atoms with Gasteiger partial charge in [0.25, 0.3) is 0 Å². The normalized spacial score (nSPS) is 11.7. The van der Waals surface area contributed by atoms with Gasteiger partial charge in [-0.2, -0.15) is 0 Å². The molecule has 4 nitrogen and oxygen atoms in total. The Morgan fingerprint density at radius 1 is 0.929 bits per heavy atom. The van der Waals surface area contributed by atoms with Gasteiger partial charge in [-0.3, -0.25) is 0 Å². The molecule has 0 amide bonds. The summed E-state index contributed by atoms with van der Waals surface area (Å²) >= 11 is 0. The second kappa shape index (κ2) is 6.95. The molecule has 0 bridgehead atoms. The van der Waals surface area contributed by atoms with E-state index in [9.17, 15) is 17.6 Å². The second-order valence-electron chi connectivity index (χ2n) is 6.11. The van der Waals surface area contributed by atoms with Gasteiger partial charge in [-0.05, 0) is 35.9 Å². The highest BCUT2D eigenvalue weighted by atomic mass is 19.4. The zero-order valence-corrected chi connectivity index (χ0v) is 14.3. The number of aromatic nitrogens is 3. The van der Waals surface area contributed by atoms with E-state index in [0.29, 0.717) is 29.1 Å². The number of imidazole rings is 1. The zero-order chi connectivity index (χ0) is 19.7. The Balaban J connectivity index is 1.60. The molecule has 0 aromatic heterocycles. The average molecular weight is 387 g/mol. The van der Waals surface area contributed by atoms with Gasteiger partial charge in [0.15, 0.2) is 5.82 Å². The highest BCUT2D eigenvalue weighted by Crippen LogP contribution is 2.27. The summed E-state index contributed by atoms with van der Waals surface area (Å²) < 4.78 is 56.8. The van der Waals surface area contributed by atoms with Gasteiger partial charge in [-0.1, -0.05) is 24.3 Å². The van der Waals surface area contributed by atoms with Crippen molar-refractivity contribution in [2.75, 3.05) is 0 Å². The average Bonchev–Trinajstić information content (AvgIpc) is 3.04. The third kappa shape index (κ3) is 3.95. The Hall–Kier alpha value is -3.42. The summed E-state index contributed by atoms with van der Waals surface area (Å²) in [5, 5.41) is 0. The lowest BCUT2D eigenvalue weighted by molar-refractivity contribution is -0.274. The number of hydrogen-bond acceptors (Lipinski definition) is 3. The third-order valence-corrected chi connectivity index (χ3v) is 4.04. The molecule has 0 aliphatic carbocycles. The number of fused-ring (bicyclic) bond motifs is 1. The first-order valence-corrected chi connectivity index (χ1v) is 8.30. The molecule has 142 valence electrons. The van der Waals surface area contributed by atoms with Crippen molar-refractivity contribution in [3.05, 3.63) is 78.4 Å². The number of pyridine rings is 1. The van der Waals surface area contributed by atoms with Crippen molar-refractivity contribution in [3.8, 4) is 28.5 Å². The Kier molecular flexibility index (Phi) is 4.46. The number of nitrogens with zero attached hydrogens (tertiary/aromatic N) is 3. The first-order valence-electron chi connectivity index (χ1n) is 8.30. The van der Waals surface area contributed by atoms with Crippen LogP contribution < -0.4 is 4.74 Å². The molecular formula is C20H13F4N3O. The number of alkyl halides is 3. The topological polar surface area (TPSA) is 39.9 Å². The molecule has 0 unspecified atom stereocenters. The van der Waals surface area contributed by atoms with Crippen LogP contribution in [0.1, 0.15) is 5.56 Å². The van der Waals surface area contributed by atoms with Gasteiger partial charge in [0, 0.05) is 18.9 Å². The Morgan fingerprint density at radius 2 is 1.71 bits per heavy atom. The van der Waals surface area contributed by atoms with Gasteiger partial charge in [0.05, 0.1) is 11.3 Å². The van der Waals surface area contributed by atoms with Crippen LogP contribution in [0.25, 0.3) is 22.8 Å². The maximum atomic E-state index is 13.9.